The van der Waals surface area contributed by atoms with Crippen LogP contribution in [0.25, 0.3) is 0 Å². The standard InChI is InChI=1S/C16H26N2O2/c1-13(10-18-8-9-20-15(11-18)12-19)16(17-2)14-6-4-3-5-7-14/h3-7,13,15-17,19H,8-12H2,1-2H3. The quantitative estimate of drug-likeness (QED) is 0.823. The average Bonchev–Trinajstić information content (AvgIpc) is 2.49. The molecule has 0 amide bonds. The molecule has 1 aliphatic heterocycles. The van der Waals surface area contributed by atoms with E-state index in [0.29, 0.717) is 18.6 Å². The zero-order valence-corrected chi connectivity index (χ0v) is 12.5. The van der Waals surface area contributed by atoms with Crippen molar-refractivity contribution >= 4 is 0 Å². The summed E-state index contributed by atoms with van der Waals surface area (Å²) in [5, 5.41) is 12.6. The summed E-state index contributed by atoms with van der Waals surface area (Å²) in [5.41, 5.74) is 1.33. The predicted octanol–water partition coefficient (Wildman–Crippen LogP) is 1.28. The first-order valence-corrected chi connectivity index (χ1v) is 7.41. The van der Waals surface area contributed by atoms with Gasteiger partial charge in [-0.1, -0.05) is 37.3 Å². The van der Waals surface area contributed by atoms with Crippen LogP contribution < -0.4 is 5.32 Å². The number of nitrogens with zero attached hydrogens (tertiary/aromatic N) is 1. The molecule has 4 heteroatoms. The molecule has 2 N–H and O–H groups in total. The smallest absolute Gasteiger partial charge is 0.0932 e. The Kier molecular flexibility index (Phi) is 5.98. The highest BCUT2D eigenvalue weighted by atomic mass is 16.5. The van der Waals surface area contributed by atoms with Crippen molar-refractivity contribution in [1.82, 2.24) is 10.2 Å². The van der Waals surface area contributed by atoms with Crippen molar-refractivity contribution in [2.75, 3.05) is 39.9 Å². The summed E-state index contributed by atoms with van der Waals surface area (Å²) in [5.74, 6) is 0.500. The summed E-state index contributed by atoms with van der Waals surface area (Å²) in [6, 6.07) is 10.9. The second kappa shape index (κ2) is 7.74. The number of hydrogen-bond acceptors (Lipinski definition) is 4. The molecular weight excluding hydrogens is 252 g/mol. The van der Waals surface area contributed by atoms with Gasteiger partial charge in [0.25, 0.3) is 0 Å². The fourth-order valence-electron chi connectivity index (χ4n) is 3.01. The van der Waals surface area contributed by atoms with Crippen LogP contribution >= 0.6 is 0 Å². The number of ether oxygens (including phenoxy) is 1. The van der Waals surface area contributed by atoms with Gasteiger partial charge < -0.3 is 15.2 Å². The van der Waals surface area contributed by atoms with Crippen LogP contribution in [-0.2, 0) is 4.74 Å². The van der Waals surface area contributed by atoms with E-state index in [1.54, 1.807) is 0 Å². The first kappa shape index (κ1) is 15.4. The van der Waals surface area contributed by atoms with Crippen LogP contribution in [0.1, 0.15) is 18.5 Å². The zero-order chi connectivity index (χ0) is 14.4. The summed E-state index contributed by atoms with van der Waals surface area (Å²) in [4.78, 5) is 2.39. The van der Waals surface area contributed by atoms with E-state index in [2.05, 4.69) is 47.5 Å². The minimum Gasteiger partial charge on any atom is -0.394 e. The highest BCUT2D eigenvalue weighted by molar-refractivity contribution is 5.19. The Labute approximate surface area is 121 Å². The van der Waals surface area contributed by atoms with Crippen molar-refractivity contribution < 1.29 is 9.84 Å². The maximum Gasteiger partial charge on any atom is 0.0932 e. The normalized spacial score (nSPS) is 23.4. The van der Waals surface area contributed by atoms with E-state index in [0.717, 1.165) is 19.6 Å². The number of hydrogen-bond donors (Lipinski definition) is 2. The third kappa shape index (κ3) is 4.03. The van der Waals surface area contributed by atoms with Gasteiger partial charge in [0.15, 0.2) is 0 Å². The number of aliphatic hydroxyl groups excluding tert-OH is 1. The Hall–Kier alpha value is -0.940. The lowest BCUT2D eigenvalue weighted by Gasteiger charge is -2.35. The minimum atomic E-state index is -0.0271. The van der Waals surface area contributed by atoms with Gasteiger partial charge in [-0.2, -0.15) is 0 Å². The highest BCUT2D eigenvalue weighted by Crippen LogP contribution is 2.23. The lowest BCUT2D eigenvalue weighted by Crippen LogP contribution is -2.46. The molecule has 20 heavy (non-hydrogen) atoms. The van der Waals surface area contributed by atoms with E-state index in [9.17, 15) is 5.11 Å². The van der Waals surface area contributed by atoms with Gasteiger partial charge in [0.05, 0.1) is 19.3 Å². The molecule has 0 aliphatic carbocycles. The topological polar surface area (TPSA) is 44.7 Å². The van der Waals surface area contributed by atoms with Gasteiger partial charge in [-0.05, 0) is 18.5 Å². The molecular formula is C16H26N2O2. The summed E-state index contributed by atoms with van der Waals surface area (Å²) in [6.07, 6.45) is -0.0271. The van der Waals surface area contributed by atoms with Gasteiger partial charge in [0.2, 0.25) is 0 Å². The molecule has 112 valence electrons. The molecule has 2 rings (SSSR count). The van der Waals surface area contributed by atoms with Crippen molar-refractivity contribution in [3.8, 4) is 0 Å². The SMILES string of the molecule is CNC(c1ccccc1)C(C)CN1CCOC(CO)C1. The fraction of sp³-hybridized carbons (Fsp3) is 0.625. The van der Waals surface area contributed by atoms with Crippen LogP contribution in [0.15, 0.2) is 30.3 Å². The van der Waals surface area contributed by atoms with Gasteiger partial charge in [0, 0.05) is 25.7 Å². The van der Waals surface area contributed by atoms with Gasteiger partial charge in [-0.25, -0.2) is 0 Å². The van der Waals surface area contributed by atoms with Crippen molar-refractivity contribution in [3.05, 3.63) is 35.9 Å². The molecule has 0 bridgehead atoms. The third-order valence-corrected chi connectivity index (χ3v) is 4.01. The lowest BCUT2D eigenvalue weighted by molar-refractivity contribution is -0.0566. The molecule has 0 radical (unpaired) electrons. The summed E-state index contributed by atoms with van der Waals surface area (Å²) >= 11 is 0. The van der Waals surface area contributed by atoms with E-state index in [1.165, 1.54) is 5.56 Å². The third-order valence-electron chi connectivity index (χ3n) is 4.01. The Bertz CT molecular complexity index is 385. The largest absolute Gasteiger partial charge is 0.394 e. The van der Waals surface area contributed by atoms with Gasteiger partial charge in [0.1, 0.15) is 0 Å². The maximum atomic E-state index is 9.21. The molecule has 3 atom stereocenters. The molecule has 1 fully saturated rings. The van der Waals surface area contributed by atoms with Crippen LogP contribution in [0.2, 0.25) is 0 Å². The second-order valence-corrected chi connectivity index (χ2v) is 5.59. The Balaban J connectivity index is 1.94. The van der Waals surface area contributed by atoms with Crippen molar-refractivity contribution in [3.63, 3.8) is 0 Å². The molecule has 1 aliphatic rings. The van der Waals surface area contributed by atoms with Crippen LogP contribution in [0.3, 0.4) is 0 Å². The minimum absolute atomic E-state index is 0.0271. The molecule has 1 heterocycles. The number of benzene rings is 1. The number of rotatable bonds is 6. The van der Waals surface area contributed by atoms with Gasteiger partial charge in [-0.3, -0.25) is 4.90 Å². The molecule has 4 nitrogen and oxygen atoms in total. The molecule has 3 unspecified atom stereocenters. The summed E-state index contributed by atoms with van der Waals surface area (Å²) in [6.45, 7) is 5.89. The molecule has 1 aromatic carbocycles. The molecule has 0 spiro atoms. The van der Waals surface area contributed by atoms with Gasteiger partial charge >= 0.3 is 0 Å². The summed E-state index contributed by atoms with van der Waals surface area (Å²) in [7, 11) is 2.02. The van der Waals surface area contributed by atoms with Crippen molar-refractivity contribution in [2.24, 2.45) is 5.92 Å². The first-order chi connectivity index (χ1) is 9.74. The average molecular weight is 278 g/mol. The number of nitrogens with one attached hydrogen (secondary N) is 1. The van der Waals surface area contributed by atoms with E-state index in [1.807, 2.05) is 7.05 Å². The Morgan fingerprint density at radius 3 is 2.80 bits per heavy atom. The maximum absolute atomic E-state index is 9.21. The first-order valence-electron chi connectivity index (χ1n) is 7.41. The second-order valence-electron chi connectivity index (χ2n) is 5.59. The van der Waals surface area contributed by atoms with Crippen LogP contribution in [-0.4, -0.2) is 56.0 Å². The Morgan fingerprint density at radius 2 is 2.15 bits per heavy atom. The predicted molar refractivity (Wildman–Crippen MR) is 80.7 cm³/mol. The lowest BCUT2D eigenvalue weighted by atomic mass is 9.94. The molecule has 0 saturated carbocycles. The van der Waals surface area contributed by atoms with E-state index in [4.69, 9.17) is 4.74 Å². The number of aliphatic hydroxyl groups is 1. The van der Waals surface area contributed by atoms with E-state index in [-0.39, 0.29) is 12.7 Å². The monoisotopic (exact) mass is 278 g/mol. The summed E-state index contributed by atoms with van der Waals surface area (Å²) < 4.78 is 5.50. The van der Waals surface area contributed by atoms with Gasteiger partial charge in [-0.15, -0.1) is 0 Å². The molecule has 1 saturated heterocycles. The van der Waals surface area contributed by atoms with E-state index >= 15 is 0 Å². The molecule has 1 aromatic rings. The Morgan fingerprint density at radius 1 is 1.40 bits per heavy atom. The fourth-order valence-corrected chi connectivity index (χ4v) is 3.01. The van der Waals surface area contributed by atoms with Crippen molar-refractivity contribution in [2.45, 2.75) is 19.1 Å². The zero-order valence-electron chi connectivity index (χ0n) is 12.5. The van der Waals surface area contributed by atoms with E-state index < -0.39 is 0 Å². The van der Waals surface area contributed by atoms with Crippen LogP contribution in [0, 0.1) is 5.92 Å². The van der Waals surface area contributed by atoms with Crippen molar-refractivity contribution in [1.29, 1.82) is 0 Å². The highest BCUT2D eigenvalue weighted by Gasteiger charge is 2.24. The number of morpholine rings is 1. The van der Waals surface area contributed by atoms with Crippen LogP contribution in [0.5, 0.6) is 0 Å². The van der Waals surface area contributed by atoms with Crippen LogP contribution in [0.4, 0.5) is 0 Å². The molecule has 0 aromatic heterocycles.